The van der Waals surface area contributed by atoms with Crippen molar-refractivity contribution in [3.05, 3.63) is 28.8 Å². The van der Waals surface area contributed by atoms with Gasteiger partial charge in [-0.2, -0.15) is 18.4 Å². The lowest BCUT2D eigenvalue weighted by Gasteiger charge is -2.12. The van der Waals surface area contributed by atoms with Crippen molar-refractivity contribution in [2.24, 2.45) is 0 Å². The van der Waals surface area contributed by atoms with Crippen molar-refractivity contribution < 1.29 is 27.5 Å². The molecule has 0 N–H and O–H groups in total. The molecule has 0 saturated heterocycles. The van der Waals surface area contributed by atoms with Crippen LogP contribution in [0, 0.1) is 11.3 Å². The number of rotatable bonds is 4. The summed E-state index contributed by atoms with van der Waals surface area (Å²) in [7, 11) is 0. The van der Waals surface area contributed by atoms with Crippen molar-refractivity contribution in [1.29, 1.82) is 5.26 Å². The number of halogens is 3. The predicted octanol–water partition coefficient (Wildman–Crippen LogP) is 3.16. The van der Waals surface area contributed by atoms with E-state index < -0.39 is 33.7 Å². The molecule has 0 aliphatic carbocycles. The summed E-state index contributed by atoms with van der Waals surface area (Å²) in [5, 5.41) is 8.98. The van der Waals surface area contributed by atoms with Crippen molar-refractivity contribution in [2.75, 3.05) is 6.61 Å². The van der Waals surface area contributed by atoms with Crippen LogP contribution in [-0.4, -0.2) is 24.4 Å². The average molecular weight is 303 g/mol. The Morgan fingerprint density at radius 3 is 2.60 bits per heavy atom. The molecular weight excluding hydrogens is 295 g/mol. The van der Waals surface area contributed by atoms with Gasteiger partial charge in [0.1, 0.15) is 6.07 Å². The summed E-state index contributed by atoms with van der Waals surface area (Å²) in [6.45, 7) is 1.54. The first-order valence-corrected chi connectivity index (χ1v) is 6.10. The number of aldehydes is 1. The number of alkyl halides is 3. The Kier molecular flexibility index (Phi) is 5.16. The van der Waals surface area contributed by atoms with Gasteiger partial charge in [-0.1, -0.05) is 0 Å². The first kappa shape index (κ1) is 16.0. The number of hydrogen-bond donors (Lipinski definition) is 0. The van der Waals surface area contributed by atoms with E-state index in [-0.39, 0.29) is 24.0 Å². The number of benzene rings is 1. The van der Waals surface area contributed by atoms with E-state index in [0.717, 1.165) is 12.1 Å². The molecule has 0 fully saturated rings. The highest BCUT2D eigenvalue weighted by Gasteiger charge is 2.33. The fourth-order valence-electron chi connectivity index (χ4n) is 1.41. The summed E-state index contributed by atoms with van der Waals surface area (Å²) in [5.41, 5.74) is -5.81. The minimum absolute atomic E-state index is 0.0148. The standard InChI is InChI=1S/C12H8F3NO3S/c1-2-19-11(18)8-4-3-7(6-17)10(9(8)5-16)20-12(13,14)15/h3-4,6H,2H2,1H3. The minimum Gasteiger partial charge on any atom is -0.462 e. The van der Waals surface area contributed by atoms with Crippen LogP contribution in [0.5, 0.6) is 0 Å². The van der Waals surface area contributed by atoms with Crippen LogP contribution >= 0.6 is 11.8 Å². The first-order valence-electron chi connectivity index (χ1n) is 5.29. The number of esters is 1. The van der Waals surface area contributed by atoms with Crippen LogP contribution in [0.15, 0.2) is 17.0 Å². The van der Waals surface area contributed by atoms with Crippen LogP contribution in [0.3, 0.4) is 0 Å². The Bertz CT molecular complexity index is 579. The van der Waals surface area contributed by atoms with E-state index in [2.05, 4.69) is 4.74 Å². The van der Waals surface area contributed by atoms with Crippen LogP contribution in [0.1, 0.15) is 33.2 Å². The van der Waals surface area contributed by atoms with Crippen molar-refractivity contribution in [3.63, 3.8) is 0 Å². The molecular formula is C12H8F3NO3S. The molecule has 0 spiro atoms. The number of hydrogen-bond acceptors (Lipinski definition) is 5. The van der Waals surface area contributed by atoms with Crippen LogP contribution in [0.25, 0.3) is 0 Å². The number of nitriles is 1. The van der Waals surface area contributed by atoms with Gasteiger partial charge in [0.15, 0.2) is 6.29 Å². The molecule has 8 heteroatoms. The highest BCUT2D eigenvalue weighted by Crippen LogP contribution is 2.40. The van der Waals surface area contributed by atoms with Gasteiger partial charge in [-0.3, -0.25) is 4.79 Å². The van der Waals surface area contributed by atoms with Gasteiger partial charge in [-0.15, -0.1) is 0 Å². The van der Waals surface area contributed by atoms with E-state index in [1.807, 2.05) is 0 Å². The molecule has 1 aromatic rings. The van der Waals surface area contributed by atoms with Crippen LogP contribution in [0.4, 0.5) is 13.2 Å². The van der Waals surface area contributed by atoms with Crippen molar-refractivity contribution >= 4 is 24.0 Å². The van der Waals surface area contributed by atoms with Gasteiger partial charge >= 0.3 is 11.5 Å². The van der Waals surface area contributed by atoms with Gasteiger partial charge in [-0.25, -0.2) is 4.79 Å². The van der Waals surface area contributed by atoms with Gasteiger partial charge in [0.05, 0.1) is 17.7 Å². The SMILES string of the molecule is CCOC(=O)c1ccc(C=O)c(SC(F)(F)F)c1C#N. The van der Waals surface area contributed by atoms with E-state index in [9.17, 15) is 22.8 Å². The smallest absolute Gasteiger partial charge is 0.446 e. The Balaban J connectivity index is 3.45. The molecule has 106 valence electrons. The van der Waals surface area contributed by atoms with E-state index in [1.54, 1.807) is 0 Å². The zero-order valence-electron chi connectivity index (χ0n) is 10.2. The summed E-state index contributed by atoms with van der Waals surface area (Å²) in [6.07, 6.45) is 0.198. The molecule has 0 unspecified atom stereocenters. The molecule has 0 aliphatic rings. The summed E-state index contributed by atoms with van der Waals surface area (Å²) in [6, 6.07) is 3.67. The molecule has 0 aliphatic heterocycles. The maximum Gasteiger partial charge on any atom is 0.446 e. The Labute approximate surface area is 116 Å². The predicted molar refractivity (Wildman–Crippen MR) is 64.4 cm³/mol. The Morgan fingerprint density at radius 2 is 2.15 bits per heavy atom. The van der Waals surface area contributed by atoms with Crippen molar-refractivity contribution in [1.82, 2.24) is 0 Å². The van der Waals surface area contributed by atoms with Crippen molar-refractivity contribution in [3.8, 4) is 6.07 Å². The van der Waals surface area contributed by atoms with Crippen molar-refractivity contribution in [2.45, 2.75) is 17.3 Å². The van der Waals surface area contributed by atoms with E-state index in [0.29, 0.717) is 0 Å². The number of thioether (sulfide) groups is 1. The molecule has 0 atom stereocenters. The maximum absolute atomic E-state index is 12.5. The third kappa shape index (κ3) is 3.74. The summed E-state index contributed by atoms with van der Waals surface area (Å²) in [5.74, 6) is -0.912. The van der Waals surface area contributed by atoms with E-state index >= 15 is 0 Å². The third-order valence-electron chi connectivity index (χ3n) is 2.14. The van der Waals surface area contributed by atoms with Gasteiger partial charge in [0.2, 0.25) is 0 Å². The second-order valence-electron chi connectivity index (χ2n) is 3.40. The molecule has 0 amide bonds. The normalized spacial score (nSPS) is 10.8. The highest BCUT2D eigenvalue weighted by atomic mass is 32.2. The van der Waals surface area contributed by atoms with Crippen LogP contribution in [0.2, 0.25) is 0 Å². The summed E-state index contributed by atoms with van der Waals surface area (Å²) in [4.78, 5) is 21.8. The molecule has 0 aromatic heterocycles. The molecule has 1 rings (SSSR count). The van der Waals surface area contributed by atoms with E-state index in [4.69, 9.17) is 5.26 Å². The van der Waals surface area contributed by atoms with E-state index in [1.165, 1.54) is 13.0 Å². The molecule has 0 heterocycles. The Morgan fingerprint density at radius 1 is 1.50 bits per heavy atom. The lowest BCUT2D eigenvalue weighted by atomic mass is 10.1. The number of nitrogens with zero attached hydrogens (tertiary/aromatic N) is 1. The molecule has 0 bridgehead atoms. The summed E-state index contributed by atoms with van der Waals surface area (Å²) >= 11 is -0.609. The molecule has 20 heavy (non-hydrogen) atoms. The van der Waals surface area contributed by atoms with Crippen LogP contribution in [-0.2, 0) is 4.74 Å². The first-order chi connectivity index (χ1) is 9.34. The molecule has 4 nitrogen and oxygen atoms in total. The quantitative estimate of drug-likeness (QED) is 0.485. The minimum atomic E-state index is -4.68. The summed E-state index contributed by atoms with van der Waals surface area (Å²) < 4.78 is 42.1. The van der Waals surface area contributed by atoms with Gasteiger partial charge < -0.3 is 4.74 Å². The highest BCUT2D eigenvalue weighted by molar-refractivity contribution is 8.00. The molecule has 1 aromatic carbocycles. The molecule has 0 saturated carbocycles. The lowest BCUT2D eigenvalue weighted by Crippen LogP contribution is -2.10. The van der Waals surface area contributed by atoms with Crippen LogP contribution < -0.4 is 0 Å². The zero-order chi connectivity index (χ0) is 15.3. The fraction of sp³-hybridized carbons (Fsp3) is 0.250. The van der Waals surface area contributed by atoms with Gasteiger partial charge in [0.25, 0.3) is 0 Å². The second kappa shape index (κ2) is 6.43. The number of carbonyl (C=O) groups is 2. The topological polar surface area (TPSA) is 67.2 Å². The Hall–Kier alpha value is -2.01. The maximum atomic E-state index is 12.5. The lowest BCUT2D eigenvalue weighted by molar-refractivity contribution is -0.0328. The fourth-order valence-corrected chi connectivity index (χ4v) is 2.13. The number of ether oxygens (including phenoxy) is 1. The zero-order valence-corrected chi connectivity index (χ0v) is 11.0. The molecule has 0 radical (unpaired) electrons. The van der Waals surface area contributed by atoms with Gasteiger partial charge in [-0.05, 0) is 30.8 Å². The third-order valence-corrected chi connectivity index (χ3v) is 3.02. The average Bonchev–Trinajstić information content (AvgIpc) is 2.36. The number of carbonyl (C=O) groups excluding carboxylic acids is 2. The van der Waals surface area contributed by atoms with Gasteiger partial charge in [0, 0.05) is 10.5 Å². The second-order valence-corrected chi connectivity index (χ2v) is 4.48. The largest absolute Gasteiger partial charge is 0.462 e. The monoisotopic (exact) mass is 303 g/mol.